The van der Waals surface area contributed by atoms with Gasteiger partial charge in [0.15, 0.2) is 0 Å². The molecule has 70 valence electrons. The van der Waals surface area contributed by atoms with Crippen molar-refractivity contribution in [2.24, 2.45) is 0 Å². The van der Waals surface area contributed by atoms with Gasteiger partial charge in [-0.2, -0.15) is 4.31 Å². The van der Waals surface area contributed by atoms with E-state index in [9.17, 15) is 9.13 Å². The predicted octanol–water partition coefficient (Wildman–Crippen LogP) is -4.16. The molecule has 13 heteroatoms. The van der Waals surface area contributed by atoms with Crippen LogP contribution in [0.25, 0.3) is 0 Å². The molecule has 0 saturated heterocycles. The molecule has 0 rings (SSSR count). The SMILES string of the molecule is O=P(O)(O)OP(=O)(O)O.[Ca+2].[Ca+2].[Ca+2].[H-].[H-].[H-].[H-].[H-].[H-].[H-].[Na+]. The molecule has 0 unspecified atom stereocenters. The number of hydrogen-bond acceptors (Lipinski definition) is 3. The molecule has 0 radical (unpaired) electrons. The van der Waals surface area contributed by atoms with Gasteiger partial charge in [0.25, 0.3) is 0 Å². The molecule has 0 aliphatic heterocycles. The van der Waals surface area contributed by atoms with Gasteiger partial charge in [0.1, 0.15) is 0 Å². The maximum atomic E-state index is 9.63. The average molecular weight is 328 g/mol. The molecule has 13 heavy (non-hydrogen) atoms. The Morgan fingerprint density at radius 2 is 1.00 bits per heavy atom. The Hall–Kier alpha value is 5.04. The van der Waals surface area contributed by atoms with Gasteiger partial charge in [-0.25, -0.2) is 9.13 Å². The second-order valence-electron chi connectivity index (χ2n) is 1.06. The third-order valence-corrected chi connectivity index (χ3v) is 1.91. The molecule has 0 atom stereocenters. The zero-order valence-corrected chi connectivity index (χ0v) is 17.4. The van der Waals surface area contributed by atoms with Crippen molar-refractivity contribution in [1.29, 1.82) is 0 Å². The van der Waals surface area contributed by atoms with Crippen LogP contribution in [0.3, 0.4) is 0 Å². The molecule has 0 aromatic rings. The topological polar surface area (TPSA) is 124 Å². The molecule has 0 amide bonds. The smallest absolute Gasteiger partial charge is 1.00 e. The Bertz CT molecular complexity index is 181. The monoisotopic (exact) mass is 328 g/mol. The van der Waals surface area contributed by atoms with E-state index < -0.39 is 15.6 Å². The number of rotatable bonds is 2. The summed E-state index contributed by atoms with van der Waals surface area (Å²) in [6, 6.07) is 0. The quantitative estimate of drug-likeness (QED) is 0.299. The van der Waals surface area contributed by atoms with Gasteiger partial charge in [0, 0.05) is 0 Å². The van der Waals surface area contributed by atoms with Gasteiger partial charge in [-0.1, -0.05) is 0 Å². The van der Waals surface area contributed by atoms with Gasteiger partial charge >= 0.3 is 158 Å². The molecule has 0 bridgehead atoms. The maximum absolute atomic E-state index is 9.63. The van der Waals surface area contributed by atoms with Gasteiger partial charge in [-0.15, -0.1) is 0 Å². The molecule has 0 aliphatic rings. The van der Waals surface area contributed by atoms with E-state index in [4.69, 9.17) is 19.6 Å². The van der Waals surface area contributed by atoms with Crippen molar-refractivity contribution >= 4 is 129 Å². The maximum Gasteiger partial charge on any atom is 2.00 e. The molecule has 7 nitrogen and oxygen atoms in total. The summed E-state index contributed by atoms with van der Waals surface area (Å²) >= 11 is 0. The zero-order chi connectivity index (χ0) is 7.71. The summed E-state index contributed by atoms with van der Waals surface area (Å²) in [6.45, 7) is 0. The molecule has 0 saturated carbocycles. The van der Waals surface area contributed by atoms with E-state index >= 15 is 0 Å². The first kappa shape index (κ1) is 30.8. The number of phosphoric acid groups is 2. The molecule has 0 aromatic carbocycles. The molecule has 0 aromatic heterocycles. The van der Waals surface area contributed by atoms with Crippen molar-refractivity contribution in [2.75, 3.05) is 0 Å². The van der Waals surface area contributed by atoms with Crippen LogP contribution < -0.4 is 29.6 Å². The molecule has 0 heterocycles. The Kier molecular flexibility index (Phi) is 31.9. The van der Waals surface area contributed by atoms with Crippen LogP contribution in [0, 0.1) is 0 Å². The van der Waals surface area contributed by atoms with Crippen LogP contribution in [0.1, 0.15) is 9.99 Å². The van der Waals surface area contributed by atoms with E-state index in [-0.39, 0.29) is 153 Å². The van der Waals surface area contributed by atoms with E-state index in [2.05, 4.69) is 4.31 Å². The minimum absolute atomic E-state index is 0. The van der Waals surface area contributed by atoms with Crippen LogP contribution in [0.5, 0.6) is 0 Å². The molecular weight excluding hydrogens is 317 g/mol. The van der Waals surface area contributed by atoms with Crippen molar-refractivity contribution in [1.82, 2.24) is 0 Å². The minimum Gasteiger partial charge on any atom is -1.00 e. The minimum atomic E-state index is -5.05. The van der Waals surface area contributed by atoms with Crippen molar-refractivity contribution in [3.8, 4) is 0 Å². The van der Waals surface area contributed by atoms with Gasteiger partial charge in [-0.3, -0.25) is 0 Å². The summed E-state index contributed by atoms with van der Waals surface area (Å²) in [5, 5.41) is 0. The van der Waals surface area contributed by atoms with Gasteiger partial charge < -0.3 is 29.6 Å². The van der Waals surface area contributed by atoms with Gasteiger partial charge in [-0.05, 0) is 0 Å². The third kappa shape index (κ3) is 31.6. The van der Waals surface area contributed by atoms with Crippen molar-refractivity contribution in [3.63, 3.8) is 0 Å². The first-order chi connectivity index (χ1) is 3.71. The predicted molar refractivity (Wildman–Crippen MR) is 50.2 cm³/mol. The fourth-order valence-electron chi connectivity index (χ4n) is 0.139. The van der Waals surface area contributed by atoms with Crippen LogP contribution in [-0.2, 0) is 13.4 Å². The Morgan fingerprint density at radius 3 is 1.00 bits per heavy atom. The zero-order valence-electron chi connectivity index (χ0n) is 14.0. The van der Waals surface area contributed by atoms with Crippen LogP contribution in [0.4, 0.5) is 0 Å². The molecule has 0 spiro atoms. The molecule has 0 fully saturated rings. The summed E-state index contributed by atoms with van der Waals surface area (Å²) in [4.78, 5) is 31.0. The first-order valence-corrected chi connectivity index (χ1v) is 4.59. The number of hydrogen-bond donors (Lipinski definition) is 4. The van der Waals surface area contributed by atoms with Crippen LogP contribution in [-0.4, -0.2) is 133 Å². The van der Waals surface area contributed by atoms with Crippen molar-refractivity contribution < 1.29 is 72.6 Å². The van der Waals surface area contributed by atoms with Crippen molar-refractivity contribution in [3.05, 3.63) is 0 Å². The van der Waals surface area contributed by atoms with E-state index in [1.807, 2.05) is 0 Å². The van der Waals surface area contributed by atoms with Crippen LogP contribution in [0.2, 0.25) is 0 Å². The van der Waals surface area contributed by atoms with Gasteiger partial charge in [0.05, 0.1) is 0 Å². The van der Waals surface area contributed by atoms with E-state index in [1.54, 1.807) is 0 Å². The first-order valence-electron chi connectivity index (χ1n) is 1.53. The molecule has 0 aliphatic carbocycles. The van der Waals surface area contributed by atoms with E-state index in [1.165, 1.54) is 0 Å². The fraction of sp³-hybridized carbons (Fsp3) is 0. The van der Waals surface area contributed by atoms with Crippen LogP contribution in [0.15, 0.2) is 0 Å². The Morgan fingerprint density at radius 1 is 0.846 bits per heavy atom. The summed E-state index contributed by atoms with van der Waals surface area (Å²) < 4.78 is 22.2. The summed E-state index contributed by atoms with van der Waals surface area (Å²) in [7, 11) is -10.1. The van der Waals surface area contributed by atoms with E-state index in [0.717, 1.165) is 0 Å². The second-order valence-corrected chi connectivity index (χ2v) is 3.68. The summed E-state index contributed by atoms with van der Waals surface area (Å²) in [6.07, 6.45) is 0. The van der Waals surface area contributed by atoms with E-state index in [0.29, 0.717) is 0 Å². The largest absolute Gasteiger partial charge is 2.00 e. The molecule has 4 N–H and O–H groups in total. The average Bonchev–Trinajstić information content (AvgIpc) is 1.14. The Balaban J connectivity index is -0.00000000582. The van der Waals surface area contributed by atoms with Crippen molar-refractivity contribution in [2.45, 2.75) is 0 Å². The fourth-order valence-corrected chi connectivity index (χ4v) is 1.25. The standard InChI is InChI=1S/3Ca.Na.H4O7P2.7H/c;;;;1-8(2,3)7-9(4,5)6;;;;;;;/h;;;;(H2,1,2,3)(H2,4,5,6);;;;;;;/q3*+2;+1;;7*-1. The third-order valence-electron chi connectivity index (χ3n) is 0.213. The second kappa shape index (κ2) is 13.5. The molecular formula is H11Ca3NaO7P2. The van der Waals surface area contributed by atoms with Crippen LogP contribution >= 0.6 is 15.6 Å². The summed E-state index contributed by atoms with van der Waals surface area (Å²) in [5.41, 5.74) is 0. The van der Waals surface area contributed by atoms with Gasteiger partial charge in [0.2, 0.25) is 0 Å². The normalized spacial score (nSPS) is 9.54. The Labute approximate surface area is 197 Å². The summed E-state index contributed by atoms with van der Waals surface area (Å²) in [5.74, 6) is 0.